The minimum absolute atomic E-state index is 0.457. The zero-order chi connectivity index (χ0) is 10.8. The quantitative estimate of drug-likeness (QED) is 0.748. The molecule has 2 N–H and O–H groups in total. The summed E-state index contributed by atoms with van der Waals surface area (Å²) in [5.74, 6) is 0.640. The second kappa shape index (κ2) is 4.44. The molecule has 0 radical (unpaired) electrons. The van der Waals surface area contributed by atoms with Crippen LogP contribution in [-0.4, -0.2) is 9.78 Å². The molecule has 0 spiro atoms. The third kappa shape index (κ3) is 2.12. The van der Waals surface area contributed by atoms with Gasteiger partial charge in [0, 0.05) is 0 Å². The predicted octanol–water partition coefficient (Wildman–Crippen LogP) is 3.32. The van der Waals surface area contributed by atoms with Gasteiger partial charge in [-0.2, -0.15) is 5.10 Å². The third-order valence-corrected chi connectivity index (χ3v) is 3.68. The van der Waals surface area contributed by atoms with Crippen molar-refractivity contribution < 1.29 is 0 Å². The lowest BCUT2D eigenvalue weighted by molar-refractivity contribution is 0.409. The van der Waals surface area contributed by atoms with E-state index in [1.807, 2.05) is 11.6 Å². The summed E-state index contributed by atoms with van der Waals surface area (Å²) in [5.41, 5.74) is 6.80. The number of hydrogen-bond acceptors (Lipinski definition) is 2. The summed E-state index contributed by atoms with van der Waals surface area (Å²) >= 11 is 6.05. The highest BCUT2D eigenvalue weighted by Gasteiger charge is 2.19. The minimum atomic E-state index is 0.457. The van der Waals surface area contributed by atoms with Gasteiger partial charge in [-0.3, -0.25) is 0 Å². The van der Waals surface area contributed by atoms with Crippen LogP contribution in [0.1, 0.15) is 50.3 Å². The molecule has 84 valence electrons. The van der Waals surface area contributed by atoms with E-state index in [0.29, 0.717) is 16.9 Å². The molecule has 1 aliphatic carbocycles. The van der Waals surface area contributed by atoms with Crippen LogP contribution < -0.4 is 5.73 Å². The first kappa shape index (κ1) is 10.8. The van der Waals surface area contributed by atoms with Crippen molar-refractivity contribution in [3.05, 3.63) is 10.7 Å². The number of hydrogen-bond donors (Lipinski definition) is 1. The van der Waals surface area contributed by atoms with Gasteiger partial charge < -0.3 is 5.73 Å². The molecule has 0 amide bonds. The number of halogens is 1. The van der Waals surface area contributed by atoms with E-state index in [1.54, 1.807) is 0 Å². The van der Waals surface area contributed by atoms with Crippen LogP contribution in [0.5, 0.6) is 0 Å². The molecule has 1 fully saturated rings. The molecule has 1 aromatic rings. The highest BCUT2D eigenvalue weighted by atomic mass is 35.5. The van der Waals surface area contributed by atoms with E-state index >= 15 is 0 Å². The van der Waals surface area contributed by atoms with Gasteiger partial charge in [-0.05, 0) is 19.8 Å². The molecule has 3 nitrogen and oxygen atoms in total. The Morgan fingerprint density at radius 1 is 1.27 bits per heavy atom. The monoisotopic (exact) mass is 227 g/mol. The molecular weight excluding hydrogens is 210 g/mol. The van der Waals surface area contributed by atoms with E-state index in [2.05, 4.69) is 5.10 Å². The van der Waals surface area contributed by atoms with Gasteiger partial charge in [0.15, 0.2) is 0 Å². The number of nitrogens with two attached hydrogens (primary N) is 1. The Hall–Kier alpha value is -0.700. The zero-order valence-corrected chi connectivity index (χ0v) is 9.93. The summed E-state index contributed by atoms with van der Waals surface area (Å²) in [5, 5.41) is 5.06. The van der Waals surface area contributed by atoms with Crippen LogP contribution in [0.25, 0.3) is 0 Å². The van der Waals surface area contributed by atoms with Gasteiger partial charge in [-0.15, -0.1) is 0 Å². The van der Waals surface area contributed by atoms with Crippen LogP contribution in [0.2, 0.25) is 5.02 Å². The van der Waals surface area contributed by atoms with Crippen molar-refractivity contribution >= 4 is 17.4 Å². The van der Waals surface area contributed by atoms with Crippen molar-refractivity contribution in [2.45, 2.75) is 51.5 Å². The molecule has 0 saturated heterocycles. The molecule has 1 heterocycles. The van der Waals surface area contributed by atoms with Gasteiger partial charge in [0.25, 0.3) is 0 Å². The maximum Gasteiger partial charge on any atom is 0.141 e. The van der Waals surface area contributed by atoms with Gasteiger partial charge in [-0.1, -0.05) is 37.3 Å². The number of rotatable bonds is 1. The van der Waals surface area contributed by atoms with E-state index in [-0.39, 0.29) is 0 Å². The van der Waals surface area contributed by atoms with E-state index in [9.17, 15) is 0 Å². The molecule has 0 aliphatic heterocycles. The molecule has 2 rings (SSSR count). The fourth-order valence-corrected chi connectivity index (χ4v) is 2.45. The number of aromatic nitrogens is 2. The fourth-order valence-electron chi connectivity index (χ4n) is 2.33. The third-order valence-electron chi connectivity index (χ3n) is 3.22. The maximum atomic E-state index is 6.05. The normalized spacial score (nSPS) is 19.1. The van der Waals surface area contributed by atoms with E-state index in [4.69, 9.17) is 17.3 Å². The maximum absolute atomic E-state index is 6.05. The van der Waals surface area contributed by atoms with Gasteiger partial charge >= 0.3 is 0 Å². The van der Waals surface area contributed by atoms with Crippen molar-refractivity contribution in [1.29, 1.82) is 0 Å². The lowest BCUT2D eigenvalue weighted by Crippen LogP contribution is -2.12. The standard InChI is InChI=1S/C11H18ClN3/c1-8-10(12)11(13)15(14-8)9-6-4-2-3-5-7-9/h9H,2-7,13H2,1H3. The molecule has 0 bridgehead atoms. The number of nitrogens with zero attached hydrogens (tertiary/aromatic N) is 2. The average molecular weight is 228 g/mol. The first-order valence-corrected chi connectivity index (χ1v) is 6.08. The fraction of sp³-hybridized carbons (Fsp3) is 0.727. The summed E-state index contributed by atoms with van der Waals surface area (Å²) in [6, 6.07) is 0.457. The second-order valence-corrected chi connectivity index (χ2v) is 4.75. The van der Waals surface area contributed by atoms with Crippen LogP contribution in [0.3, 0.4) is 0 Å². The highest BCUT2D eigenvalue weighted by molar-refractivity contribution is 6.33. The summed E-state index contributed by atoms with van der Waals surface area (Å²) < 4.78 is 1.93. The van der Waals surface area contributed by atoms with Crippen molar-refractivity contribution in [2.75, 3.05) is 5.73 Å². The Bertz CT molecular complexity index is 338. The van der Waals surface area contributed by atoms with E-state index < -0.39 is 0 Å². The molecule has 4 heteroatoms. The topological polar surface area (TPSA) is 43.8 Å². The average Bonchev–Trinajstić information content (AvgIpc) is 2.51. The SMILES string of the molecule is Cc1nn(C2CCCCCC2)c(N)c1Cl. The Morgan fingerprint density at radius 3 is 2.33 bits per heavy atom. The summed E-state index contributed by atoms with van der Waals surface area (Å²) in [4.78, 5) is 0. The van der Waals surface area contributed by atoms with Crippen LogP contribution in [0.15, 0.2) is 0 Å². The lowest BCUT2D eigenvalue weighted by atomic mass is 10.1. The van der Waals surface area contributed by atoms with Crippen molar-refractivity contribution in [1.82, 2.24) is 9.78 Å². The lowest BCUT2D eigenvalue weighted by Gasteiger charge is -2.16. The van der Waals surface area contributed by atoms with Crippen molar-refractivity contribution in [3.8, 4) is 0 Å². The highest BCUT2D eigenvalue weighted by Crippen LogP contribution is 2.32. The van der Waals surface area contributed by atoms with Crippen LogP contribution in [0, 0.1) is 6.92 Å². The molecular formula is C11H18ClN3. The smallest absolute Gasteiger partial charge is 0.141 e. The summed E-state index contributed by atoms with van der Waals surface area (Å²) in [7, 11) is 0. The minimum Gasteiger partial charge on any atom is -0.383 e. The van der Waals surface area contributed by atoms with Crippen LogP contribution >= 0.6 is 11.6 Å². The zero-order valence-electron chi connectivity index (χ0n) is 9.17. The molecule has 0 atom stereocenters. The Kier molecular flexibility index (Phi) is 3.19. The van der Waals surface area contributed by atoms with Gasteiger partial charge in [-0.25, -0.2) is 4.68 Å². The van der Waals surface area contributed by atoms with Crippen LogP contribution in [-0.2, 0) is 0 Å². The van der Waals surface area contributed by atoms with Crippen LogP contribution in [0.4, 0.5) is 5.82 Å². The molecule has 1 aliphatic rings. The van der Waals surface area contributed by atoms with E-state index in [0.717, 1.165) is 5.69 Å². The first-order valence-electron chi connectivity index (χ1n) is 5.70. The summed E-state index contributed by atoms with van der Waals surface area (Å²) in [6.45, 7) is 1.91. The predicted molar refractivity (Wildman–Crippen MR) is 63.1 cm³/mol. The van der Waals surface area contributed by atoms with Gasteiger partial charge in [0.2, 0.25) is 0 Å². The van der Waals surface area contributed by atoms with E-state index in [1.165, 1.54) is 38.5 Å². The molecule has 0 unspecified atom stereocenters. The number of nitrogen functional groups attached to an aromatic ring is 1. The molecule has 1 saturated carbocycles. The van der Waals surface area contributed by atoms with Gasteiger partial charge in [0.1, 0.15) is 10.8 Å². The number of aryl methyl sites for hydroxylation is 1. The van der Waals surface area contributed by atoms with Crippen molar-refractivity contribution in [2.24, 2.45) is 0 Å². The Labute approximate surface area is 95.6 Å². The van der Waals surface area contributed by atoms with Crippen molar-refractivity contribution in [3.63, 3.8) is 0 Å². The second-order valence-electron chi connectivity index (χ2n) is 4.37. The molecule has 15 heavy (non-hydrogen) atoms. The Balaban J connectivity index is 2.23. The Morgan fingerprint density at radius 2 is 1.87 bits per heavy atom. The summed E-state index contributed by atoms with van der Waals surface area (Å²) in [6.07, 6.45) is 7.60. The molecule has 0 aromatic carbocycles. The van der Waals surface area contributed by atoms with Gasteiger partial charge in [0.05, 0.1) is 11.7 Å². The number of anilines is 1. The molecule has 1 aromatic heterocycles. The first-order chi connectivity index (χ1) is 7.20. The largest absolute Gasteiger partial charge is 0.383 e.